The van der Waals surface area contributed by atoms with Crippen molar-refractivity contribution in [3.05, 3.63) is 48.3 Å². The van der Waals surface area contributed by atoms with E-state index in [9.17, 15) is 0 Å². The van der Waals surface area contributed by atoms with Crippen LogP contribution in [-0.4, -0.2) is 36.0 Å². The summed E-state index contributed by atoms with van der Waals surface area (Å²) >= 11 is 0. The number of likely N-dealkylation sites (N-methyl/N-ethyl adjacent to an activating group) is 1. The maximum absolute atomic E-state index is 8.89. The monoisotopic (exact) mass is 259 g/mol. The Morgan fingerprint density at radius 1 is 1.47 bits per heavy atom. The van der Waals surface area contributed by atoms with Crippen LogP contribution in [0.3, 0.4) is 0 Å². The number of allylic oxidation sites excluding steroid dienone is 3. The first-order valence-electron chi connectivity index (χ1n) is 6.21. The molecule has 0 spiro atoms. The van der Waals surface area contributed by atoms with E-state index in [-0.39, 0.29) is 6.61 Å². The Morgan fingerprint density at radius 3 is 2.74 bits per heavy atom. The minimum atomic E-state index is 0.117. The van der Waals surface area contributed by atoms with E-state index in [0.29, 0.717) is 6.54 Å². The number of nitrogens with zero attached hydrogens (tertiary/aromatic N) is 3. The zero-order valence-electron chi connectivity index (χ0n) is 11.8. The molecule has 19 heavy (non-hydrogen) atoms. The van der Waals surface area contributed by atoms with Crippen LogP contribution >= 0.6 is 0 Å². The highest BCUT2D eigenvalue weighted by molar-refractivity contribution is 5.99. The van der Waals surface area contributed by atoms with Gasteiger partial charge in [-0.15, -0.1) is 0 Å². The second-order valence-electron chi connectivity index (χ2n) is 4.29. The van der Waals surface area contributed by atoms with E-state index in [1.54, 1.807) is 12.3 Å². The maximum atomic E-state index is 8.89. The smallest absolute Gasteiger partial charge is 0.128 e. The second kappa shape index (κ2) is 7.48. The van der Waals surface area contributed by atoms with Gasteiger partial charge in [-0.25, -0.2) is 4.98 Å². The second-order valence-corrected chi connectivity index (χ2v) is 4.29. The fourth-order valence-corrected chi connectivity index (χ4v) is 1.63. The molecule has 1 rings (SSSR count). The number of pyridine rings is 1. The lowest BCUT2D eigenvalue weighted by Crippen LogP contribution is -2.22. The summed E-state index contributed by atoms with van der Waals surface area (Å²) in [7, 11) is 1.90. The molecule has 0 fully saturated rings. The molecule has 0 amide bonds. The third-order valence-electron chi connectivity index (χ3n) is 2.70. The predicted molar refractivity (Wildman–Crippen MR) is 80.8 cm³/mol. The molecule has 1 N–H and O–H groups in total. The van der Waals surface area contributed by atoms with Gasteiger partial charge in [0.1, 0.15) is 5.82 Å². The lowest BCUT2D eigenvalue weighted by atomic mass is 10.2. The number of rotatable bonds is 6. The van der Waals surface area contributed by atoms with Crippen molar-refractivity contribution >= 4 is 11.5 Å². The molecule has 0 unspecified atom stereocenters. The van der Waals surface area contributed by atoms with E-state index in [1.165, 1.54) is 0 Å². The van der Waals surface area contributed by atoms with Crippen molar-refractivity contribution in [2.24, 2.45) is 4.99 Å². The summed E-state index contributed by atoms with van der Waals surface area (Å²) in [5.41, 5.74) is 2.81. The van der Waals surface area contributed by atoms with Crippen LogP contribution in [0.1, 0.15) is 19.4 Å². The Morgan fingerprint density at radius 2 is 2.21 bits per heavy atom. The molecule has 0 aliphatic carbocycles. The topological polar surface area (TPSA) is 48.7 Å². The highest BCUT2D eigenvalue weighted by Gasteiger charge is 2.03. The van der Waals surface area contributed by atoms with Crippen LogP contribution in [0.2, 0.25) is 0 Å². The lowest BCUT2D eigenvalue weighted by molar-refractivity contribution is 0.304. The van der Waals surface area contributed by atoms with E-state index >= 15 is 0 Å². The number of anilines is 1. The van der Waals surface area contributed by atoms with E-state index in [2.05, 4.69) is 16.6 Å². The fourth-order valence-electron chi connectivity index (χ4n) is 1.63. The van der Waals surface area contributed by atoms with Crippen LogP contribution in [-0.2, 0) is 0 Å². The van der Waals surface area contributed by atoms with Crippen LogP contribution < -0.4 is 4.90 Å². The van der Waals surface area contributed by atoms with Gasteiger partial charge in [-0.3, -0.25) is 4.99 Å². The Balaban J connectivity index is 2.87. The number of aliphatic imine (C=N–C) groups is 1. The average Bonchev–Trinajstić information content (AvgIpc) is 2.39. The van der Waals surface area contributed by atoms with Gasteiger partial charge in [-0.1, -0.05) is 12.7 Å². The molecule has 1 heterocycles. The molecular formula is C15H21N3O. The van der Waals surface area contributed by atoms with Crippen molar-refractivity contribution in [1.29, 1.82) is 0 Å². The number of hydrogen-bond donors (Lipinski definition) is 1. The molecular weight excluding hydrogens is 238 g/mol. The summed E-state index contributed by atoms with van der Waals surface area (Å²) in [6.07, 6.45) is 5.38. The largest absolute Gasteiger partial charge is 0.395 e. The summed E-state index contributed by atoms with van der Waals surface area (Å²) in [4.78, 5) is 10.7. The predicted octanol–water partition coefficient (Wildman–Crippen LogP) is 2.41. The third kappa shape index (κ3) is 4.67. The Labute approximate surface area is 114 Å². The minimum absolute atomic E-state index is 0.117. The summed E-state index contributed by atoms with van der Waals surface area (Å²) in [6, 6.07) is 3.91. The van der Waals surface area contributed by atoms with E-state index in [1.807, 2.05) is 44.0 Å². The van der Waals surface area contributed by atoms with Gasteiger partial charge < -0.3 is 10.0 Å². The van der Waals surface area contributed by atoms with E-state index in [0.717, 1.165) is 22.8 Å². The molecule has 0 atom stereocenters. The Kier molecular flexibility index (Phi) is 5.96. The number of aliphatic hydroxyl groups excluding tert-OH is 1. The quantitative estimate of drug-likeness (QED) is 0.630. The van der Waals surface area contributed by atoms with Crippen molar-refractivity contribution in [2.45, 2.75) is 13.8 Å². The normalized spacial score (nSPS) is 12.4. The molecule has 0 bridgehead atoms. The van der Waals surface area contributed by atoms with Crippen molar-refractivity contribution in [2.75, 3.05) is 25.1 Å². The number of hydrogen-bond acceptors (Lipinski definition) is 4. The Bertz CT molecular complexity index is 475. The van der Waals surface area contributed by atoms with Crippen LogP contribution in [0.15, 0.2) is 47.7 Å². The lowest BCUT2D eigenvalue weighted by Gasteiger charge is -2.16. The van der Waals surface area contributed by atoms with Crippen molar-refractivity contribution in [1.82, 2.24) is 4.98 Å². The van der Waals surface area contributed by atoms with Crippen molar-refractivity contribution in [3.8, 4) is 0 Å². The summed E-state index contributed by atoms with van der Waals surface area (Å²) in [5.74, 6) is 0.837. The number of aromatic nitrogens is 1. The van der Waals surface area contributed by atoms with Crippen molar-refractivity contribution in [3.63, 3.8) is 0 Å². The average molecular weight is 259 g/mol. The third-order valence-corrected chi connectivity index (χ3v) is 2.70. The zero-order chi connectivity index (χ0) is 14.3. The van der Waals surface area contributed by atoms with Gasteiger partial charge in [0.2, 0.25) is 0 Å². The first-order chi connectivity index (χ1) is 9.08. The van der Waals surface area contributed by atoms with E-state index in [4.69, 9.17) is 5.11 Å². The molecule has 0 aliphatic heterocycles. The Hall–Kier alpha value is -1.94. The van der Waals surface area contributed by atoms with Gasteiger partial charge in [0.25, 0.3) is 0 Å². The fraction of sp³-hybridized carbons (Fsp3) is 0.333. The molecule has 0 radical (unpaired) electrons. The van der Waals surface area contributed by atoms with Gasteiger partial charge in [0.05, 0.1) is 6.61 Å². The summed E-state index contributed by atoms with van der Waals surface area (Å²) < 4.78 is 0. The maximum Gasteiger partial charge on any atom is 0.128 e. The first kappa shape index (κ1) is 15.1. The summed E-state index contributed by atoms with van der Waals surface area (Å²) in [6.45, 7) is 8.22. The molecule has 4 heteroatoms. The zero-order valence-corrected chi connectivity index (χ0v) is 11.8. The molecule has 0 aliphatic rings. The van der Waals surface area contributed by atoms with Gasteiger partial charge in [0, 0.05) is 36.8 Å². The van der Waals surface area contributed by atoms with Gasteiger partial charge in [-0.05, 0) is 32.1 Å². The van der Waals surface area contributed by atoms with E-state index < -0.39 is 0 Å². The van der Waals surface area contributed by atoms with Gasteiger partial charge >= 0.3 is 0 Å². The van der Waals surface area contributed by atoms with Crippen LogP contribution in [0, 0.1) is 0 Å². The van der Waals surface area contributed by atoms with Crippen LogP contribution in [0.4, 0.5) is 5.82 Å². The van der Waals surface area contributed by atoms with Gasteiger partial charge in [0.15, 0.2) is 0 Å². The van der Waals surface area contributed by atoms with Crippen LogP contribution in [0.25, 0.3) is 0 Å². The van der Waals surface area contributed by atoms with Crippen LogP contribution in [0.5, 0.6) is 0 Å². The summed E-state index contributed by atoms with van der Waals surface area (Å²) in [5, 5.41) is 8.89. The molecule has 0 saturated carbocycles. The molecule has 4 nitrogen and oxygen atoms in total. The molecule has 1 aromatic rings. The first-order valence-corrected chi connectivity index (χ1v) is 6.21. The molecule has 1 aromatic heterocycles. The highest BCUT2D eigenvalue weighted by atomic mass is 16.3. The number of aliphatic hydroxyl groups is 1. The van der Waals surface area contributed by atoms with Gasteiger partial charge in [-0.2, -0.15) is 0 Å². The minimum Gasteiger partial charge on any atom is -0.395 e. The standard InChI is InChI=1S/C15H21N3O/c1-5-6-12(2)17-13(3)14-7-8-15(16-11-14)18(4)9-10-19/h5-8,11,19H,1,9-10H2,2-4H3/b12-6+,17-13?. The molecule has 0 saturated heterocycles. The molecule has 0 aromatic carbocycles. The molecule has 102 valence electrons. The van der Waals surface area contributed by atoms with Crippen molar-refractivity contribution < 1.29 is 5.11 Å². The highest BCUT2D eigenvalue weighted by Crippen LogP contribution is 2.11. The SMILES string of the molecule is C=C/C=C(\C)N=C(C)c1ccc(N(C)CCO)nc1.